The summed E-state index contributed by atoms with van der Waals surface area (Å²) in [4.78, 5) is 19.4. The third-order valence-electron chi connectivity index (χ3n) is 2.11. The van der Waals surface area contributed by atoms with Gasteiger partial charge >= 0.3 is 0 Å². The van der Waals surface area contributed by atoms with Gasteiger partial charge in [0, 0.05) is 5.69 Å². The average Bonchev–Trinajstić information content (AvgIpc) is 2.36. The van der Waals surface area contributed by atoms with Crippen LogP contribution < -0.4 is 5.32 Å². The molecule has 0 saturated carbocycles. The van der Waals surface area contributed by atoms with Gasteiger partial charge in [0.15, 0.2) is 5.75 Å². The van der Waals surface area contributed by atoms with Crippen LogP contribution in [0.1, 0.15) is 10.5 Å². The number of benzene rings is 1. The van der Waals surface area contributed by atoms with Gasteiger partial charge in [-0.1, -0.05) is 34.8 Å². The van der Waals surface area contributed by atoms with Crippen molar-refractivity contribution in [1.82, 2.24) is 9.97 Å². The molecule has 1 heterocycles. The predicted octanol–water partition coefficient (Wildman–Crippen LogP) is 3.39. The molecule has 0 spiro atoms. The zero-order valence-corrected chi connectivity index (χ0v) is 11.5. The van der Waals surface area contributed by atoms with Gasteiger partial charge < -0.3 is 10.4 Å². The minimum Gasteiger partial charge on any atom is -0.505 e. The Morgan fingerprint density at radius 1 is 1.16 bits per heavy atom. The second kappa shape index (κ2) is 5.61. The molecule has 0 unspecified atom stereocenters. The molecule has 0 aliphatic rings. The van der Waals surface area contributed by atoms with Crippen LogP contribution >= 0.6 is 34.8 Å². The van der Waals surface area contributed by atoms with Gasteiger partial charge in [-0.15, -0.1) is 0 Å². The maximum absolute atomic E-state index is 11.9. The van der Waals surface area contributed by atoms with E-state index >= 15 is 0 Å². The first-order chi connectivity index (χ1) is 8.97. The summed E-state index contributed by atoms with van der Waals surface area (Å²) in [7, 11) is 0. The number of hydrogen-bond donors (Lipinski definition) is 2. The Balaban J connectivity index is 2.24. The van der Waals surface area contributed by atoms with Gasteiger partial charge in [-0.2, -0.15) is 0 Å². The second-order valence-electron chi connectivity index (χ2n) is 3.47. The van der Waals surface area contributed by atoms with Crippen molar-refractivity contribution in [2.24, 2.45) is 0 Å². The SMILES string of the molecule is O=C(Nc1cc(Cl)c(O)c(Cl)c1)c1cncc(Cl)n1. The van der Waals surface area contributed by atoms with Crippen LogP contribution in [0, 0.1) is 0 Å². The summed E-state index contributed by atoms with van der Waals surface area (Å²) in [6, 6.07) is 2.72. The van der Waals surface area contributed by atoms with E-state index in [1.165, 1.54) is 24.5 Å². The molecule has 19 heavy (non-hydrogen) atoms. The van der Waals surface area contributed by atoms with E-state index in [4.69, 9.17) is 34.8 Å². The molecule has 2 N–H and O–H groups in total. The molecule has 0 atom stereocenters. The van der Waals surface area contributed by atoms with Gasteiger partial charge in [-0.25, -0.2) is 4.98 Å². The Bertz CT molecular complexity index is 626. The highest BCUT2D eigenvalue weighted by Gasteiger charge is 2.12. The van der Waals surface area contributed by atoms with Crippen LogP contribution in [0.15, 0.2) is 24.5 Å². The second-order valence-corrected chi connectivity index (χ2v) is 4.67. The Hall–Kier alpha value is -1.56. The summed E-state index contributed by atoms with van der Waals surface area (Å²) >= 11 is 17.1. The number of aromatic nitrogens is 2. The number of halogens is 3. The average molecular weight is 319 g/mol. The minimum atomic E-state index is -0.521. The molecule has 5 nitrogen and oxygen atoms in total. The van der Waals surface area contributed by atoms with Gasteiger partial charge in [0.05, 0.1) is 22.4 Å². The summed E-state index contributed by atoms with van der Waals surface area (Å²) in [6.07, 6.45) is 2.58. The Kier molecular flexibility index (Phi) is 4.09. The molecular formula is C11H6Cl3N3O2. The smallest absolute Gasteiger partial charge is 0.275 e. The maximum Gasteiger partial charge on any atom is 0.275 e. The topological polar surface area (TPSA) is 75.1 Å². The van der Waals surface area contributed by atoms with Crippen molar-refractivity contribution in [2.45, 2.75) is 0 Å². The van der Waals surface area contributed by atoms with Crippen molar-refractivity contribution in [3.8, 4) is 5.75 Å². The lowest BCUT2D eigenvalue weighted by Crippen LogP contribution is -2.14. The highest BCUT2D eigenvalue weighted by molar-refractivity contribution is 6.37. The first-order valence-corrected chi connectivity index (χ1v) is 6.07. The van der Waals surface area contributed by atoms with E-state index in [0.29, 0.717) is 5.69 Å². The Morgan fingerprint density at radius 3 is 2.37 bits per heavy atom. The van der Waals surface area contributed by atoms with Gasteiger partial charge in [0.2, 0.25) is 0 Å². The largest absolute Gasteiger partial charge is 0.505 e. The van der Waals surface area contributed by atoms with Crippen molar-refractivity contribution in [2.75, 3.05) is 5.32 Å². The minimum absolute atomic E-state index is 0.0278. The fraction of sp³-hybridized carbons (Fsp3) is 0. The molecule has 2 rings (SSSR count). The monoisotopic (exact) mass is 317 g/mol. The van der Waals surface area contributed by atoms with E-state index in [1.807, 2.05) is 0 Å². The van der Waals surface area contributed by atoms with Gasteiger partial charge in [-0.05, 0) is 12.1 Å². The quantitative estimate of drug-likeness (QED) is 0.832. The highest BCUT2D eigenvalue weighted by Crippen LogP contribution is 2.34. The van der Waals surface area contributed by atoms with E-state index in [9.17, 15) is 9.90 Å². The fourth-order valence-corrected chi connectivity index (χ4v) is 1.92. The van der Waals surface area contributed by atoms with E-state index in [2.05, 4.69) is 15.3 Å². The third-order valence-corrected chi connectivity index (χ3v) is 2.87. The van der Waals surface area contributed by atoms with Crippen LogP contribution in [0.3, 0.4) is 0 Å². The lowest BCUT2D eigenvalue weighted by molar-refractivity contribution is 0.102. The van der Waals surface area contributed by atoms with Crippen LogP contribution in [-0.4, -0.2) is 21.0 Å². The molecule has 0 radical (unpaired) electrons. The third kappa shape index (κ3) is 3.26. The van der Waals surface area contributed by atoms with E-state index < -0.39 is 5.91 Å². The van der Waals surface area contributed by atoms with Gasteiger partial charge in [-0.3, -0.25) is 9.78 Å². The number of phenols is 1. The predicted molar refractivity (Wildman–Crippen MR) is 73.1 cm³/mol. The lowest BCUT2D eigenvalue weighted by atomic mass is 10.3. The molecule has 0 saturated heterocycles. The van der Waals surface area contributed by atoms with Crippen molar-refractivity contribution in [1.29, 1.82) is 0 Å². The Morgan fingerprint density at radius 2 is 1.79 bits per heavy atom. The number of anilines is 1. The number of nitrogens with zero attached hydrogens (tertiary/aromatic N) is 2. The number of carbonyl (C=O) groups excluding carboxylic acids is 1. The number of phenolic OH excluding ortho intramolecular Hbond substituents is 1. The summed E-state index contributed by atoms with van der Waals surface area (Å²) in [5.41, 5.74) is 0.368. The summed E-state index contributed by atoms with van der Waals surface area (Å²) in [5, 5.41) is 12.1. The normalized spacial score (nSPS) is 10.3. The van der Waals surface area contributed by atoms with Crippen molar-refractivity contribution < 1.29 is 9.90 Å². The molecule has 0 bridgehead atoms. The molecule has 1 aromatic heterocycles. The molecule has 0 fully saturated rings. The number of hydrogen-bond acceptors (Lipinski definition) is 4. The first-order valence-electron chi connectivity index (χ1n) is 4.94. The standard InChI is InChI=1S/C11H6Cl3N3O2/c12-6-1-5(2-7(13)10(6)18)16-11(19)8-3-15-4-9(14)17-8/h1-4,18H,(H,16,19). The summed E-state index contributed by atoms with van der Waals surface area (Å²) in [6.45, 7) is 0. The molecule has 2 aromatic rings. The summed E-state index contributed by atoms with van der Waals surface area (Å²) < 4.78 is 0. The summed E-state index contributed by atoms with van der Waals surface area (Å²) in [5.74, 6) is -0.767. The van der Waals surface area contributed by atoms with E-state index in [-0.39, 0.29) is 26.6 Å². The molecule has 98 valence electrons. The van der Waals surface area contributed by atoms with Crippen LogP contribution in [0.4, 0.5) is 5.69 Å². The molecule has 0 aliphatic heterocycles. The molecule has 1 amide bonds. The van der Waals surface area contributed by atoms with Crippen LogP contribution in [0.2, 0.25) is 15.2 Å². The number of aromatic hydroxyl groups is 1. The van der Waals surface area contributed by atoms with E-state index in [0.717, 1.165) is 0 Å². The highest BCUT2D eigenvalue weighted by atomic mass is 35.5. The number of rotatable bonds is 2. The Labute approximate surface area is 123 Å². The molecule has 0 aliphatic carbocycles. The first kappa shape index (κ1) is 13.9. The zero-order chi connectivity index (χ0) is 14.0. The van der Waals surface area contributed by atoms with Crippen LogP contribution in [-0.2, 0) is 0 Å². The van der Waals surface area contributed by atoms with Crippen LogP contribution in [0.5, 0.6) is 5.75 Å². The molecular weight excluding hydrogens is 312 g/mol. The van der Waals surface area contributed by atoms with Crippen molar-refractivity contribution in [3.05, 3.63) is 45.4 Å². The fourth-order valence-electron chi connectivity index (χ4n) is 1.28. The van der Waals surface area contributed by atoms with Crippen LogP contribution in [0.25, 0.3) is 0 Å². The lowest BCUT2D eigenvalue weighted by Gasteiger charge is -2.07. The van der Waals surface area contributed by atoms with Gasteiger partial charge in [0.25, 0.3) is 5.91 Å². The number of carbonyl (C=O) groups is 1. The van der Waals surface area contributed by atoms with Gasteiger partial charge in [0.1, 0.15) is 10.8 Å². The maximum atomic E-state index is 11.9. The number of amides is 1. The van der Waals surface area contributed by atoms with E-state index in [1.54, 1.807) is 0 Å². The van der Waals surface area contributed by atoms with Crippen molar-refractivity contribution >= 4 is 46.4 Å². The zero-order valence-electron chi connectivity index (χ0n) is 9.19. The van der Waals surface area contributed by atoms with Crippen molar-refractivity contribution in [3.63, 3.8) is 0 Å². The molecule has 1 aromatic carbocycles. The number of nitrogens with one attached hydrogen (secondary N) is 1. The molecule has 8 heteroatoms.